The Balaban J connectivity index is 1.88. The van der Waals surface area contributed by atoms with Crippen LogP contribution >= 0.6 is 23.2 Å². The van der Waals surface area contributed by atoms with Crippen LogP contribution in [0.1, 0.15) is 22.6 Å². The van der Waals surface area contributed by atoms with Gasteiger partial charge in [-0.3, -0.25) is 0 Å². The molecule has 1 aliphatic rings. The van der Waals surface area contributed by atoms with Gasteiger partial charge in [0.05, 0.1) is 5.69 Å². The minimum atomic E-state index is 0.0951. The van der Waals surface area contributed by atoms with Gasteiger partial charge >= 0.3 is 0 Å². The molecule has 4 heteroatoms. The van der Waals surface area contributed by atoms with Gasteiger partial charge in [0.15, 0.2) is 0 Å². The lowest BCUT2D eigenvalue weighted by molar-refractivity contribution is 0.795. The largest absolute Gasteiger partial charge is 0.383 e. The van der Waals surface area contributed by atoms with Crippen molar-refractivity contribution in [3.63, 3.8) is 0 Å². The summed E-state index contributed by atoms with van der Waals surface area (Å²) in [6.07, 6.45) is 0.861. The van der Waals surface area contributed by atoms with Crippen molar-refractivity contribution in [1.29, 1.82) is 0 Å². The van der Waals surface area contributed by atoms with Crippen LogP contribution in [0.25, 0.3) is 22.0 Å². The van der Waals surface area contributed by atoms with Gasteiger partial charge in [0, 0.05) is 26.9 Å². The summed E-state index contributed by atoms with van der Waals surface area (Å²) in [6, 6.07) is 22.3. The van der Waals surface area contributed by atoms with Gasteiger partial charge in [-0.15, -0.1) is 0 Å². The van der Waals surface area contributed by atoms with E-state index in [1.54, 1.807) is 0 Å². The number of rotatable bonds is 1. The van der Waals surface area contributed by atoms with Crippen LogP contribution in [0.15, 0.2) is 66.7 Å². The Hall–Kier alpha value is -2.55. The second kappa shape index (κ2) is 6.26. The Kier molecular flexibility index (Phi) is 3.85. The van der Waals surface area contributed by atoms with E-state index in [0.717, 1.165) is 34.0 Å². The number of aromatic nitrogens is 1. The summed E-state index contributed by atoms with van der Waals surface area (Å²) >= 11 is 12.7. The molecule has 0 fully saturated rings. The lowest BCUT2D eigenvalue weighted by atomic mass is 9.76. The minimum Gasteiger partial charge on any atom is -0.383 e. The molecule has 0 bridgehead atoms. The maximum Gasteiger partial charge on any atom is 0.131 e. The van der Waals surface area contributed by atoms with Crippen LogP contribution in [0.4, 0.5) is 5.82 Å². The maximum absolute atomic E-state index is 6.61. The van der Waals surface area contributed by atoms with Crippen LogP contribution in [0.2, 0.25) is 10.0 Å². The molecule has 27 heavy (non-hydrogen) atoms. The lowest BCUT2D eigenvalue weighted by Crippen LogP contribution is -2.15. The van der Waals surface area contributed by atoms with Crippen molar-refractivity contribution < 1.29 is 0 Å². The van der Waals surface area contributed by atoms with Gasteiger partial charge in [0.2, 0.25) is 0 Å². The number of halogens is 2. The van der Waals surface area contributed by atoms with E-state index in [1.165, 1.54) is 11.1 Å². The van der Waals surface area contributed by atoms with Crippen molar-refractivity contribution >= 4 is 39.8 Å². The average molecular weight is 391 g/mol. The number of hydrogen-bond donors (Lipinski definition) is 1. The highest BCUT2D eigenvalue weighted by atomic mass is 35.5. The molecule has 1 aliphatic carbocycles. The first-order valence-corrected chi connectivity index (χ1v) is 9.60. The molecule has 1 atom stereocenters. The van der Waals surface area contributed by atoms with Gasteiger partial charge in [-0.1, -0.05) is 77.8 Å². The highest BCUT2D eigenvalue weighted by Gasteiger charge is 2.30. The van der Waals surface area contributed by atoms with E-state index < -0.39 is 0 Å². The number of nitrogens with zero attached hydrogens (tertiary/aromatic N) is 1. The van der Waals surface area contributed by atoms with E-state index in [0.29, 0.717) is 15.9 Å². The summed E-state index contributed by atoms with van der Waals surface area (Å²) in [5.41, 5.74) is 11.9. The summed E-state index contributed by atoms with van der Waals surface area (Å²) < 4.78 is 0. The molecule has 5 rings (SSSR count). The molecular weight excluding hydrogens is 375 g/mol. The molecule has 0 aliphatic heterocycles. The summed E-state index contributed by atoms with van der Waals surface area (Å²) in [4.78, 5) is 4.81. The van der Waals surface area contributed by atoms with Gasteiger partial charge < -0.3 is 5.73 Å². The topological polar surface area (TPSA) is 38.9 Å². The molecule has 2 N–H and O–H groups in total. The predicted molar refractivity (Wildman–Crippen MR) is 114 cm³/mol. The summed E-state index contributed by atoms with van der Waals surface area (Å²) in [7, 11) is 0. The summed E-state index contributed by atoms with van der Waals surface area (Å²) in [6.45, 7) is 0. The fourth-order valence-corrected chi connectivity index (χ4v) is 4.71. The number of benzene rings is 3. The third-order valence-corrected chi connectivity index (χ3v) is 5.93. The Morgan fingerprint density at radius 1 is 0.889 bits per heavy atom. The molecule has 1 aromatic heterocycles. The van der Waals surface area contributed by atoms with Crippen molar-refractivity contribution in [2.75, 3.05) is 5.73 Å². The molecule has 1 unspecified atom stereocenters. The fourth-order valence-electron chi connectivity index (χ4n) is 4.17. The molecule has 4 aromatic rings. The van der Waals surface area contributed by atoms with Gasteiger partial charge in [-0.05, 0) is 40.6 Å². The van der Waals surface area contributed by atoms with Crippen molar-refractivity contribution in [3.05, 3.63) is 93.5 Å². The molecule has 0 saturated carbocycles. The van der Waals surface area contributed by atoms with Crippen LogP contribution < -0.4 is 5.73 Å². The first-order chi connectivity index (χ1) is 13.1. The molecule has 0 spiro atoms. The van der Waals surface area contributed by atoms with Gasteiger partial charge in [0.25, 0.3) is 0 Å². The molecular formula is C23H16Cl2N2. The number of pyridine rings is 1. The van der Waals surface area contributed by atoms with Crippen molar-refractivity contribution in [2.45, 2.75) is 12.3 Å². The number of anilines is 1. The first-order valence-electron chi connectivity index (χ1n) is 8.85. The van der Waals surface area contributed by atoms with Crippen LogP contribution in [0.5, 0.6) is 0 Å². The molecule has 3 aromatic carbocycles. The summed E-state index contributed by atoms with van der Waals surface area (Å²) in [5.74, 6) is 0.652. The summed E-state index contributed by atoms with van der Waals surface area (Å²) in [5, 5.41) is 3.43. The van der Waals surface area contributed by atoms with Crippen molar-refractivity contribution in [2.24, 2.45) is 0 Å². The van der Waals surface area contributed by atoms with E-state index in [2.05, 4.69) is 24.3 Å². The third kappa shape index (κ3) is 2.60. The Morgan fingerprint density at radius 3 is 2.44 bits per heavy atom. The van der Waals surface area contributed by atoms with E-state index in [1.807, 2.05) is 42.5 Å². The third-order valence-electron chi connectivity index (χ3n) is 5.36. The zero-order valence-electron chi connectivity index (χ0n) is 14.4. The zero-order chi connectivity index (χ0) is 18.5. The highest BCUT2D eigenvalue weighted by molar-refractivity contribution is 6.35. The quantitative estimate of drug-likeness (QED) is 0.403. The molecule has 2 nitrogen and oxygen atoms in total. The Bertz CT molecular complexity index is 1200. The fraction of sp³-hybridized carbons (Fsp3) is 0.0870. The van der Waals surface area contributed by atoms with Gasteiger partial charge in [-0.2, -0.15) is 0 Å². The first kappa shape index (κ1) is 16.6. The average Bonchev–Trinajstić information content (AvgIpc) is 2.68. The van der Waals surface area contributed by atoms with E-state index >= 15 is 0 Å². The Labute approximate surface area is 167 Å². The Morgan fingerprint density at radius 2 is 1.63 bits per heavy atom. The second-order valence-electron chi connectivity index (χ2n) is 6.88. The molecule has 0 radical (unpaired) electrons. The monoisotopic (exact) mass is 390 g/mol. The number of nitrogens with two attached hydrogens (primary N) is 1. The number of nitrogen functional groups attached to an aromatic ring is 1. The van der Waals surface area contributed by atoms with E-state index in [9.17, 15) is 0 Å². The highest BCUT2D eigenvalue weighted by Crippen LogP contribution is 2.47. The molecule has 132 valence electrons. The van der Waals surface area contributed by atoms with Crippen molar-refractivity contribution in [3.8, 4) is 11.3 Å². The number of hydrogen-bond acceptors (Lipinski definition) is 2. The van der Waals surface area contributed by atoms with Crippen LogP contribution in [0.3, 0.4) is 0 Å². The normalized spacial score (nSPS) is 15.4. The zero-order valence-corrected chi connectivity index (χ0v) is 15.9. The molecule has 0 amide bonds. The van der Waals surface area contributed by atoms with Crippen LogP contribution in [-0.2, 0) is 6.42 Å². The maximum atomic E-state index is 6.61. The molecule has 0 saturated heterocycles. The van der Waals surface area contributed by atoms with Gasteiger partial charge in [-0.25, -0.2) is 4.98 Å². The van der Waals surface area contributed by atoms with Crippen LogP contribution in [-0.4, -0.2) is 4.98 Å². The van der Waals surface area contributed by atoms with Gasteiger partial charge in [0.1, 0.15) is 5.82 Å². The van der Waals surface area contributed by atoms with E-state index in [4.69, 9.17) is 33.9 Å². The standard InChI is InChI=1S/C23H16Cl2N2/c24-14-9-10-16(20(25)12-14)19-11-13-5-1-2-6-15(13)22-21(19)17-7-3-4-8-18(17)23(26)27-22/h1-10,12,19H,11H2,(H2,26,27). The van der Waals surface area contributed by atoms with E-state index in [-0.39, 0.29) is 5.92 Å². The van der Waals surface area contributed by atoms with Crippen LogP contribution in [0, 0.1) is 0 Å². The predicted octanol–water partition coefficient (Wildman–Crippen LogP) is 6.48. The second-order valence-corrected chi connectivity index (χ2v) is 7.73. The SMILES string of the molecule is Nc1nc2c(c3ccccc13)C(c1ccc(Cl)cc1Cl)Cc1ccccc1-2. The number of fused-ring (bicyclic) bond motifs is 5. The smallest absolute Gasteiger partial charge is 0.131 e. The minimum absolute atomic E-state index is 0.0951. The van der Waals surface area contributed by atoms with Crippen molar-refractivity contribution in [1.82, 2.24) is 4.98 Å². The molecule has 1 heterocycles. The lowest BCUT2D eigenvalue weighted by Gasteiger charge is -2.30.